The summed E-state index contributed by atoms with van der Waals surface area (Å²) in [6, 6.07) is 2.04. The molecule has 1 aromatic carbocycles. The van der Waals surface area contributed by atoms with E-state index in [1.54, 1.807) is 6.92 Å². The topological polar surface area (TPSA) is 43.4 Å². The van der Waals surface area contributed by atoms with Crippen molar-refractivity contribution in [1.82, 2.24) is 0 Å². The molecule has 18 heavy (non-hydrogen) atoms. The summed E-state index contributed by atoms with van der Waals surface area (Å²) >= 11 is 0. The largest absolute Gasteiger partial charge is 0.466 e. The van der Waals surface area contributed by atoms with Crippen molar-refractivity contribution >= 4 is 18.3 Å². The van der Waals surface area contributed by atoms with E-state index >= 15 is 0 Å². The predicted molar refractivity (Wildman–Crippen MR) is 62.0 cm³/mol. The van der Waals surface area contributed by atoms with Gasteiger partial charge in [0.15, 0.2) is 6.29 Å². The smallest absolute Gasteiger partial charge is 0.309 e. The number of carbonyl (C=O) groups is 2. The van der Waals surface area contributed by atoms with Crippen LogP contribution < -0.4 is 0 Å². The summed E-state index contributed by atoms with van der Waals surface area (Å²) in [7, 11) is 0. The summed E-state index contributed by atoms with van der Waals surface area (Å²) in [6.07, 6.45) is 2.97. The molecule has 0 bridgehead atoms. The molecule has 5 heteroatoms. The second kappa shape index (κ2) is 6.64. The Morgan fingerprint density at radius 3 is 2.44 bits per heavy atom. The molecule has 0 heterocycles. The zero-order chi connectivity index (χ0) is 13.5. The van der Waals surface area contributed by atoms with Crippen molar-refractivity contribution in [2.24, 2.45) is 0 Å². The molecule has 0 radical (unpaired) electrons. The Hall–Kier alpha value is -2.04. The van der Waals surface area contributed by atoms with Gasteiger partial charge in [0.25, 0.3) is 0 Å². The summed E-state index contributed by atoms with van der Waals surface area (Å²) in [5.41, 5.74) is -0.363. The normalized spacial score (nSPS) is 10.6. The summed E-state index contributed by atoms with van der Waals surface area (Å²) in [6.45, 7) is 1.97. The molecule has 0 fully saturated rings. The van der Waals surface area contributed by atoms with Gasteiger partial charge in [-0.25, -0.2) is 8.78 Å². The van der Waals surface area contributed by atoms with Crippen molar-refractivity contribution in [2.45, 2.75) is 13.3 Å². The summed E-state index contributed by atoms with van der Waals surface area (Å²) in [4.78, 5) is 21.4. The first-order valence-corrected chi connectivity index (χ1v) is 5.34. The Morgan fingerprint density at radius 1 is 1.33 bits per heavy atom. The van der Waals surface area contributed by atoms with Gasteiger partial charge in [-0.1, -0.05) is 12.2 Å². The van der Waals surface area contributed by atoms with E-state index in [0.29, 0.717) is 0 Å². The molecule has 0 atom stereocenters. The molecular weight excluding hydrogens is 242 g/mol. The van der Waals surface area contributed by atoms with E-state index in [1.807, 2.05) is 0 Å². The number of carbonyl (C=O) groups excluding carboxylic acids is 2. The van der Waals surface area contributed by atoms with Gasteiger partial charge in [0, 0.05) is 0 Å². The monoisotopic (exact) mass is 254 g/mol. The van der Waals surface area contributed by atoms with Crippen LogP contribution in [0.2, 0.25) is 0 Å². The van der Waals surface area contributed by atoms with Crippen LogP contribution in [0.5, 0.6) is 0 Å². The Kier molecular flexibility index (Phi) is 5.17. The number of ether oxygens (including phenoxy) is 1. The summed E-state index contributed by atoms with van der Waals surface area (Å²) < 4.78 is 31.1. The van der Waals surface area contributed by atoms with E-state index in [9.17, 15) is 18.4 Å². The Bertz CT molecular complexity index is 458. The number of aldehydes is 1. The summed E-state index contributed by atoms with van der Waals surface area (Å²) in [5.74, 6) is -2.28. The number of hydrogen-bond donors (Lipinski definition) is 0. The highest BCUT2D eigenvalue weighted by molar-refractivity contribution is 5.77. The molecule has 96 valence electrons. The maximum absolute atomic E-state index is 13.2. The second-order valence-electron chi connectivity index (χ2n) is 3.43. The van der Waals surface area contributed by atoms with Gasteiger partial charge in [0.1, 0.15) is 11.6 Å². The van der Waals surface area contributed by atoms with Crippen LogP contribution in [0.4, 0.5) is 8.78 Å². The average Bonchev–Trinajstić information content (AvgIpc) is 2.29. The predicted octanol–water partition coefficient (Wildman–Crippen LogP) is 2.74. The minimum Gasteiger partial charge on any atom is -0.466 e. The van der Waals surface area contributed by atoms with Gasteiger partial charge in [-0.15, -0.1) is 0 Å². The van der Waals surface area contributed by atoms with E-state index in [-0.39, 0.29) is 24.9 Å². The Balaban J connectivity index is 2.77. The molecule has 0 amide bonds. The van der Waals surface area contributed by atoms with Gasteiger partial charge in [-0.2, -0.15) is 0 Å². The number of esters is 1. The molecule has 3 nitrogen and oxygen atoms in total. The third-order valence-electron chi connectivity index (χ3n) is 2.12. The van der Waals surface area contributed by atoms with Gasteiger partial charge in [0.2, 0.25) is 0 Å². The molecule has 1 rings (SSSR count). The minimum absolute atomic E-state index is 0.0203. The van der Waals surface area contributed by atoms with Gasteiger partial charge >= 0.3 is 5.97 Å². The maximum atomic E-state index is 13.2. The first-order chi connectivity index (χ1) is 8.58. The molecule has 1 aromatic rings. The molecule has 0 saturated carbocycles. The van der Waals surface area contributed by atoms with E-state index in [0.717, 1.165) is 12.1 Å². The zero-order valence-corrected chi connectivity index (χ0v) is 9.78. The lowest BCUT2D eigenvalue weighted by Gasteiger charge is -2.00. The van der Waals surface area contributed by atoms with Crippen molar-refractivity contribution in [3.8, 4) is 0 Å². The van der Waals surface area contributed by atoms with Crippen molar-refractivity contribution in [2.75, 3.05) is 6.61 Å². The standard InChI is InChI=1S/C13H12F2O3/c1-2-18-13(17)5-3-4-9-6-11(14)10(8-16)12(15)7-9/h3-4,6-8H,2,5H2,1H3. The van der Waals surface area contributed by atoms with Gasteiger partial charge in [0.05, 0.1) is 18.6 Å². The quantitative estimate of drug-likeness (QED) is 0.599. The van der Waals surface area contributed by atoms with Crippen LogP contribution >= 0.6 is 0 Å². The molecular formula is C13H12F2O3. The third-order valence-corrected chi connectivity index (χ3v) is 2.12. The molecule has 0 saturated heterocycles. The fraction of sp³-hybridized carbons (Fsp3) is 0.231. The molecule has 0 aliphatic heterocycles. The third kappa shape index (κ3) is 3.76. The highest BCUT2D eigenvalue weighted by Crippen LogP contribution is 2.15. The Labute approximate surface area is 103 Å². The Morgan fingerprint density at radius 2 is 1.94 bits per heavy atom. The van der Waals surface area contributed by atoms with E-state index < -0.39 is 23.2 Å². The first kappa shape index (κ1) is 14.0. The average molecular weight is 254 g/mol. The minimum atomic E-state index is -0.930. The lowest BCUT2D eigenvalue weighted by atomic mass is 10.1. The van der Waals surface area contributed by atoms with Crippen molar-refractivity contribution in [1.29, 1.82) is 0 Å². The highest BCUT2D eigenvalue weighted by Gasteiger charge is 2.08. The number of benzene rings is 1. The molecule has 0 aliphatic rings. The number of halogens is 2. The van der Waals surface area contributed by atoms with Crippen LogP contribution in [0.1, 0.15) is 29.3 Å². The van der Waals surface area contributed by atoms with E-state index in [2.05, 4.69) is 4.74 Å². The molecule has 0 aliphatic carbocycles. The number of rotatable bonds is 5. The van der Waals surface area contributed by atoms with E-state index in [1.165, 1.54) is 12.2 Å². The van der Waals surface area contributed by atoms with Gasteiger partial charge in [-0.05, 0) is 24.6 Å². The SMILES string of the molecule is CCOC(=O)CC=Cc1cc(F)c(C=O)c(F)c1. The zero-order valence-electron chi connectivity index (χ0n) is 9.78. The van der Waals surface area contributed by atoms with Crippen LogP contribution in [-0.2, 0) is 9.53 Å². The molecule has 0 unspecified atom stereocenters. The fourth-order valence-corrected chi connectivity index (χ4v) is 1.32. The van der Waals surface area contributed by atoms with Crippen molar-refractivity contribution in [3.05, 3.63) is 41.0 Å². The lowest BCUT2D eigenvalue weighted by molar-refractivity contribution is -0.142. The van der Waals surface area contributed by atoms with Crippen molar-refractivity contribution in [3.63, 3.8) is 0 Å². The summed E-state index contributed by atoms with van der Waals surface area (Å²) in [5, 5.41) is 0. The van der Waals surface area contributed by atoms with Crippen LogP contribution in [0, 0.1) is 11.6 Å². The number of hydrogen-bond acceptors (Lipinski definition) is 3. The van der Waals surface area contributed by atoms with Gasteiger partial charge in [-0.3, -0.25) is 9.59 Å². The molecule has 0 spiro atoms. The van der Waals surface area contributed by atoms with E-state index in [4.69, 9.17) is 0 Å². The van der Waals surface area contributed by atoms with Crippen LogP contribution in [-0.4, -0.2) is 18.9 Å². The molecule has 0 aromatic heterocycles. The van der Waals surface area contributed by atoms with Crippen LogP contribution in [0.15, 0.2) is 18.2 Å². The first-order valence-electron chi connectivity index (χ1n) is 5.34. The maximum Gasteiger partial charge on any atom is 0.309 e. The van der Waals surface area contributed by atoms with Gasteiger partial charge < -0.3 is 4.74 Å². The van der Waals surface area contributed by atoms with Crippen molar-refractivity contribution < 1.29 is 23.1 Å². The van der Waals surface area contributed by atoms with Crippen LogP contribution in [0.25, 0.3) is 6.08 Å². The lowest BCUT2D eigenvalue weighted by Crippen LogP contribution is -2.01. The fourth-order valence-electron chi connectivity index (χ4n) is 1.32. The molecule has 0 N–H and O–H groups in total. The second-order valence-corrected chi connectivity index (χ2v) is 3.43. The van der Waals surface area contributed by atoms with Crippen LogP contribution in [0.3, 0.4) is 0 Å². The highest BCUT2D eigenvalue weighted by atomic mass is 19.1.